The molecule has 2 aromatic rings. The molecular weight excluding hydrogens is 306 g/mol. The molecule has 0 saturated carbocycles. The van der Waals surface area contributed by atoms with Gasteiger partial charge in [-0.2, -0.15) is 10.5 Å². The van der Waals surface area contributed by atoms with Crippen LogP contribution in [0.15, 0.2) is 16.9 Å². The quantitative estimate of drug-likeness (QED) is 0.899. The predicted octanol–water partition coefficient (Wildman–Crippen LogP) is 2.04. The molecule has 116 valence electrons. The minimum atomic E-state index is -1.02. The van der Waals surface area contributed by atoms with Gasteiger partial charge in [0.15, 0.2) is 11.6 Å². The first-order chi connectivity index (χ1) is 10.9. The number of anilines is 1. The number of nitrogens with one attached hydrogen (secondary N) is 1. The van der Waals surface area contributed by atoms with Gasteiger partial charge in [-0.05, 0) is 13.0 Å². The lowest BCUT2D eigenvalue weighted by atomic mass is 9.95. The van der Waals surface area contributed by atoms with Crippen molar-refractivity contribution in [2.24, 2.45) is 0 Å². The molecule has 0 radical (unpaired) electrons. The van der Waals surface area contributed by atoms with Crippen LogP contribution in [0, 0.1) is 34.3 Å². The molecule has 3 N–H and O–H groups in total. The summed E-state index contributed by atoms with van der Waals surface area (Å²) < 4.78 is 32.8. The van der Waals surface area contributed by atoms with E-state index in [4.69, 9.17) is 10.5 Å². The fourth-order valence-corrected chi connectivity index (χ4v) is 2.15. The number of halogens is 2. The summed E-state index contributed by atoms with van der Waals surface area (Å²) in [5, 5.41) is 18.4. The Balaban J connectivity index is 3.01. The molecule has 0 aliphatic carbocycles. The maximum atomic E-state index is 14.0. The third-order valence-corrected chi connectivity index (χ3v) is 3.03. The molecule has 1 heterocycles. The number of pyridine rings is 1. The largest absolute Gasteiger partial charge is 0.490 e. The van der Waals surface area contributed by atoms with Gasteiger partial charge in [-0.25, -0.2) is 8.78 Å². The zero-order chi connectivity index (χ0) is 17.1. The van der Waals surface area contributed by atoms with Gasteiger partial charge in [0.1, 0.15) is 34.9 Å². The van der Waals surface area contributed by atoms with Gasteiger partial charge < -0.3 is 15.5 Å². The number of benzene rings is 1. The Morgan fingerprint density at radius 3 is 2.48 bits per heavy atom. The van der Waals surface area contributed by atoms with Crippen molar-refractivity contribution < 1.29 is 13.5 Å². The van der Waals surface area contributed by atoms with Crippen LogP contribution in [0.1, 0.15) is 18.1 Å². The summed E-state index contributed by atoms with van der Waals surface area (Å²) >= 11 is 0. The van der Waals surface area contributed by atoms with E-state index in [1.165, 1.54) is 0 Å². The van der Waals surface area contributed by atoms with Crippen molar-refractivity contribution in [3.63, 3.8) is 0 Å². The molecule has 6 nitrogen and oxygen atoms in total. The van der Waals surface area contributed by atoms with Crippen LogP contribution >= 0.6 is 0 Å². The van der Waals surface area contributed by atoms with E-state index in [-0.39, 0.29) is 34.9 Å². The van der Waals surface area contributed by atoms with Crippen LogP contribution in [0.5, 0.6) is 5.75 Å². The average Bonchev–Trinajstić information content (AvgIpc) is 2.49. The van der Waals surface area contributed by atoms with Crippen LogP contribution in [-0.4, -0.2) is 11.6 Å². The van der Waals surface area contributed by atoms with Crippen LogP contribution in [0.3, 0.4) is 0 Å². The van der Waals surface area contributed by atoms with Crippen molar-refractivity contribution in [1.82, 2.24) is 4.98 Å². The number of nitrogens with zero attached hydrogens (tertiary/aromatic N) is 2. The molecule has 0 aliphatic heterocycles. The zero-order valence-electron chi connectivity index (χ0n) is 11.9. The van der Waals surface area contributed by atoms with Gasteiger partial charge >= 0.3 is 0 Å². The van der Waals surface area contributed by atoms with Gasteiger partial charge in [0.2, 0.25) is 0 Å². The molecular formula is C15H10F2N4O2. The first kappa shape index (κ1) is 16.0. The lowest BCUT2D eigenvalue weighted by Gasteiger charge is -2.14. The molecule has 2 rings (SSSR count). The van der Waals surface area contributed by atoms with Crippen LogP contribution in [-0.2, 0) is 0 Å². The Morgan fingerprint density at radius 1 is 1.26 bits per heavy atom. The van der Waals surface area contributed by atoms with E-state index in [1.54, 1.807) is 19.1 Å². The molecule has 0 spiro atoms. The van der Waals surface area contributed by atoms with E-state index in [0.717, 1.165) is 6.07 Å². The fourth-order valence-electron chi connectivity index (χ4n) is 2.15. The van der Waals surface area contributed by atoms with Crippen molar-refractivity contribution in [3.05, 3.63) is 45.2 Å². The monoisotopic (exact) mass is 316 g/mol. The number of hydrogen-bond donors (Lipinski definition) is 2. The molecule has 0 fully saturated rings. The molecule has 23 heavy (non-hydrogen) atoms. The van der Waals surface area contributed by atoms with Crippen molar-refractivity contribution in [2.45, 2.75) is 6.92 Å². The zero-order valence-corrected chi connectivity index (χ0v) is 11.9. The van der Waals surface area contributed by atoms with Crippen LogP contribution in [0.2, 0.25) is 0 Å². The summed E-state index contributed by atoms with van der Waals surface area (Å²) in [6.45, 7) is 1.63. The maximum Gasteiger partial charge on any atom is 0.268 e. The molecule has 0 aliphatic rings. The summed E-state index contributed by atoms with van der Waals surface area (Å²) in [6.07, 6.45) is 0. The fraction of sp³-hybridized carbons (Fsp3) is 0.133. The SMILES string of the molecule is CCOc1c(F)cc(F)cc1-c1c(C#N)c(N)[nH]c(=O)c1C#N. The highest BCUT2D eigenvalue weighted by Crippen LogP contribution is 2.37. The van der Waals surface area contributed by atoms with Gasteiger partial charge in [-0.1, -0.05) is 0 Å². The highest BCUT2D eigenvalue weighted by molar-refractivity contribution is 5.83. The number of aromatic amines is 1. The van der Waals surface area contributed by atoms with Gasteiger partial charge in [-0.3, -0.25) is 4.79 Å². The summed E-state index contributed by atoms with van der Waals surface area (Å²) in [6, 6.07) is 4.83. The number of nitrogens with two attached hydrogens (primary N) is 1. The van der Waals surface area contributed by atoms with E-state index in [9.17, 15) is 24.1 Å². The molecule has 8 heteroatoms. The average molecular weight is 316 g/mol. The Kier molecular flexibility index (Phi) is 4.28. The highest BCUT2D eigenvalue weighted by Gasteiger charge is 2.23. The molecule has 0 atom stereocenters. The predicted molar refractivity (Wildman–Crippen MR) is 77.4 cm³/mol. The van der Waals surface area contributed by atoms with E-state index in [1.807, 2.05) is 0 Å². The van der Waals surface area contributed by atoms with Crippen molar-refractivity contribution in [1.29, 1.82) is 10.5 Å². The number of ether oxygens (including phenoxy) is 1. The number of hydrogen-bond acceptors (Lipinski definition) is 5. The van der Waals surface area contributed by atoms with Crippen LogP contribution < -0.4 is 16.0 Å². The molecule has 1 aromatic heterocycles. The summed E-state index contributed by atoms with van der Waals surface area (Å²) in [4.78, 5) is 14.0. The third-order valence-electron chi connectivity index (χ3n) is 3.03. The second-order valence-electron chi connectivity index (χ2n) is 4.41. The molecule has 0 saturated heterocycles. The Labute approximate surface area is 129 Å². The first-order valence-corrected chi connectivity index (χ1v) is 6.42. The standard InChI is InChI=1S/C15H10F2N4O2/c1-2-23-13-8(3-7(16)4-11(13)17)12-9(5-18)14(20)21-15(22)10(12)6-19/h3-4H,2H2,1H3,(H3,20,21,22). The molecule has 0 bridgehead atoms. The molecule has 0 amide bonds. The second kappa shape index (κ2) is 6.16. The minimum absolute atomic E-state index is 0.0536. The van der Waals surface area contributed by atoms with Gasteiger partial charge in [0.05, 0.1) is 6.61 Å². The van der Waals surface area contributed by atoms with E-state index in [0.29, 0.717) is 6.07 Å². The first-order valence-electron chi connectivity index (χ1n) is 6.42. The van der Waals surface area contributed by atoms with E-state index < -0.39 is 22.8 Å². The van der Waals surface area contributed by atoms with E-state index in [2.05, 4.69) is 4.98 Å². The summed E-state index contributed by atoms with van der Waals surface area (Å²) in [5.41, 5.74) is 3.46. The van der Waals surface area contributed by atoms with Crippen LogP contribution in [0.25, 0.3) is 11.1 Å². The van der Waals surface area contributed by atoms with Gasteiger partial charge in [0.25, 0.3) is 5.56 Å². The van der Waals surface area contributed by atoms with Crippen molar-refractivity contribution >= 4 is 5.82 Å². The van der Waals surface area contributed by atoms with Crippen LogP contribution in [0.4, 0.5) is 14.6 Å². The van der Waals surface area contributed by atoms with Gasteiger partial charge in [-0.15, -0.1) is 0 Å². The summed E-state index contributed by atoms with van der Waals surface area (Å²) in [5.74, 6) is -2.65. The smallest absolute Gasteiger partial charge is 0.268 e. The summed E-state index contributed by atoms with van der Waals surface area (Å²) in [7, 11) is 0. The number of nitrogen functional groups attached to an aromatic ring is 1. The van der Waals surface area contributed by atoms with E-state index >= 15 is 0 Å². The minimum Gasteiger partial charge on any atom is -0.490 e. The number of nitriles is 2. The normalized spacial score (nSPS) is 9.96. The Hall–Kier alpha value is -3.39. The number of rotatable bonds is 3. The maximum absolute atomic E-state index is 14.0. The topological polar surface area (TPSA) is 116 Å². The highest BCUT2D eigenvalue weighted by atomic mass is 19.1. The lowest BCUT2D eigenvalue weighted by molar-refractivity contribution is 0.322. The second-order valence-corrected chi connectivity index (χ2v) is 4.41. The third kappa shape index (κ3) is 2.70. The van der Waals surface area contributed by atoms with Crippen molar-refractivity contribution in [3.8, 4) is 29.0 Å². The van der Waals surface area contributed by atoms with Gasteiger partial charge in [0, 0.05) is 17.2 Å². The Morgan fingerprint density at radius 2 is 1.91 bits per heavy atom. The van der Waals surface area contributed by atoms with Crippen molar-refractivity contribution in [2.75, 3.05) is 12.3 Å². The molecule has 0 unspecified atom stereocenters. The Bertz CT molecular complexity index is 923. The number of H-pyrrole nitrogens is 1. The lowest BCUT2D eigenvalue weighted by Crippen LogP contribution is -2.16. The number of aromatic nitrogens is 1. The molecule has 1 aromatic carbocycles.